The third-order valence-electron chi connectivity index (χ3n) is 5.43. The van der Waals surface area contributed by atoms with Crippen LogP contribution in [0.5, 0.6) is 0 Å². The number of amides is 3. The van der Waals surface area contributed by atoms with Gasteiger partial charge in [-0.1, -0.05) is 19.1 Å². The molecule has 3 amide bonds. The van der Waals surface area contributed by atoms with Crippen LogP contribution in [0.4, 0.5) is 18.9 Å². The van der Waals surface area contributed by atoms with Crippen LogP contribution in [0, 0.1) is 0 Å². The van der Waals surface area contributed by atoms with Crippen molar-refractivity contribution in [1.29, 1.82) is 0 Å². The lowest BCUT2D eigenvalue weighted by Crippen LogP contribution is -2.51. The van der Waals surface area contributed by atoms with Crippen LogP contribution in [0.1, 0.15) is 37.3 Å². The number of benzene rings is 1. The zero-order valence-corrected chi connectivity index (χ0v) is 16.6. The molecule has 10 heteroatoms. The van der Waals surface area contributed by atoms with E-state index < -0.39 is 35.2 Å². The zero-order valence-electron chi connectivity index (χ0n) is 16.6. The number of imide groups is 1. The Bertz CT molecular complexity index is 1080. The molecule has 2 N–H and O–H groups in total. The molecule has 1 aromatic heterocycles. The van der Waals surface area contributed by atoms with Crippen molar-refractivity contribution in [2.75, 3.05) is 5.32 Å². The lowest BCUT2D eigenvalue weighted by atomic mass is 9.72. The molecule has 0 bridgehead atoms. The predicted octanol–water partition coefficient (Wildman–Crippen LogP) is 2.59. The van der Waals surface area contributed by atoms with E-state index in [9.17, 15) is 32.3 Å². The second kappa shape index (κ2) is 8.37. The zero-order chi connectivity index (χ0) is 22.8. The van der Waals surface area contributed by atoms with Gasteiger partial charge < -0.3 is 9.88 Å². The number of nitrogens with zero attached hydrogens (tertiary/aromatic N) is 1. The number of halogens is 3. The molecule has 0 spiro atoms. The fraction of sp³-hybridized carbons (Fsp3) is 0.333. The molecule has 2 aromatic rings. The minimum Gasteiger partial charge on any atom is -0.325 e. The first kappa shape index (κ1) is 22.3. The average molecular weight is 435 g/mol. The topological polar surface area (TPSA) is 97.3 Å². The van der Waals surface area contributed by atoms with Gasteiger partial charge in [0.05, 0.1) is 5.41 Å². The van der Waals surface area contributed by atoms with Crippen LogP contribution in [0.3, 0.4) is 0 Å². The number of nitrogens with one attached hydrogen (secondary N) is 2. The largest absolute Gasteiger partial charge is 0.421 e. The Hall–Kier alpha value is -3.43. The lowest BCUT2D eigenvalue weighted by molar-refractivity contribution is -0.139. The maximum absolute atomic E-state index is 12.9. The predicted molar refractivity (Wildman–Crippen MR) is 105 cm³/mol. The van der Waals surface area contributed by atoms with Gasteiger partial charge in [0.2, 0.25) is 17.7 Å². The molecule has 0 saturated carbocycles. The number of carbonyl (C=O) groups is 3. The van der Waals surface area contributed by atoms with Crippen LogP contribution in [-0.2, 0) is 32.5 Å². The number of piperidine rings is 1. The normalized spacial score (nSPS) is 19.1. The Balaban J connectivity index is 1.73. The number of anilines is 1. The minimum absolute atomic E-state index is 0.226. The summed E-state index contributed by atoms with van der Waals surface area (Å²) in [7, 11) is 0. The Morgan fingerprint density at radius 1 is 1.16 bits per heavy atom. The van der Waals surface area contributed by atoms with Crippen LogP contribution < -0.4 is 16.2 Å². The molecule has 164 valence electrons. The number of rotatable bonds is 5. The second-order valence-corrected chi connectivity index (χ2v) is 7.29. The van der Waals surface area contributed by atoms with E-state index in [1.165, 1.54) is 0 Å². The highest BCUT2D eigenvalue weighted by molar-refractivity contribution is 6.03. The molecule has 1 aliphatic rings. The number of alkyl halides is 3. The monoisotopic (exact) mass is 435 g/mol. The van der Waals surface area contributed by atoms with E-state index in [0.717, 1.165) is 12.3 Å². The van der Waals surface area contributed by atoms with E-state index >= 15 is 0 Å². The van der Waals surface area contributed by atoms with Crippen LogP contribution in [-0.4, -0.2) is 22.3 Å². The van der Waals surface area contributed by atoms with Crippen molar-refractivity contribution in [2.24, 2.45) is 0 Å². The number of hydrogen-bond donors (Lipinski definition) is 2. The molecule has 0 radical (unpaired) electrons. The van der Waals surface area contributed by atoms with Gasteiger partial charge in [0.15, 0.2) is 0 Å². The smallest absolute Gasteiger partial charge is 0.325 e. The molecular formula is C21H20F3N3O4. The van der Waals surface area contributed by atoms with Gasteiger partial charge in [-0.05, 0) is 42.7 Å². The Morgan fingerprint density at radius 3 is 2.42 bits per heavy atom. The molecule has 1 atom stereocenters. The molecule has 2 heterocycles. The second-order valence-electron chi connectivity index (χ2n) is 7.29. The fourth-order valence-electron chi connectivity index (χ4n) is 3.67. The SMILES string of the molecule is CCC1(c2ccc(NC(=O)Cn3cccc(C(F)(F)F)c3=O)cc2)CCC(=O)NC1=O. The van der Waals surface area contributed by atoms with Gasteiger partial charge in [-0.2, -0.15) is 13.2 Å². The van der Waals surface area contributed by atoms with Gasteiger partial charge in [0, 0.05) is 18.3 Å². The maximum atomic E-state index is 12.9. The summed E-state index contributed by atoms with van der Waals surface area (Å²) in [6.07, 6.45) is -2.62. The summed E-state index contributed by atoms with van der Waals surface area (Å²) in [6, 6.07) is 8.15. The molecule has 3 rings (SSSR count). The molecule has 0 aliphatic carbocycles. The third-order valence-corrected chi connectivity index (χ3v) is 5.43. The highest BCUT2D eigenvalue weighted by atomic mass is 19.4. The lowest BCUT2D eigenvalue weighted by Gasteiger charge is -2.35. The summed E-state index contributed by atoms with van der Waals surface area (Å²) >= 11 is 0. The van der Waals surface area contributed by atoms with Crippen molar-refractivity contribution < 1.29 is 27.6 Å². The van der Waals surface area contributed by atoms with Crippen molar-refractivity contribution in [3.05, 3.63) is 64.1 Å². The summed E-state index contributed by atoms with van der Waals surface area (Å²) in [5, 5.41) is 4.87. The van der Waals surface area contributed by atoms with Crippen molar-refractivity contribution in [3.63, 3.8) is 0 Å². The molecule has 1 fully saturated rings. The highest BCUT2D eigenvalue weighted by Crippen LogP contribution is 2.36. The Kier molecular flexibility index (Phi) is 6.01. The van der Waals surface area contributed by atoms with Gasteiger partial charge in [-0.25, -0.2) is 0 Å². The molecule has 1 aliphatic heterocycles. The minimum atomic E-state index is -4.81. The number of carbonyl (C=O) groups excluding carboxylic acids is 3. The number of hydrogen-bond acceptors (Lipinski definition) is 4. The highest BCUT2D eigenvalue weighted by Gasteiger charge is 2.42. The van der Waals surface area contributed by atoms with E-state index in [2.05, 4.69) is 10.6 Å². The summed E-state index contributed by atoms with van der Waals surface area (Å²) in [5.74, 6) is -1.37. The molecule has 1 unspecified atom stereocenters. The van der Waals surface area contributed by atoms with Crippen molar-refractivity contribution in [3.8, 4) is 0 Å². The van der Waals surface area contributed by atoms with Crippen LogP contribution in [0.2, 0.25) is 0 Å². The van der Waals surface area contributed by atoms with E-state index in [0.29, 0.717) is 34.7 Å². The first-order chi connectivity index (χ1) is 14.6. The standard InChI is InChI=1S/C21H20F3N3O4/c1-2-20(10-9-16(28)26-19(20)31)13-5-7-14(8-6-13)25-17(29)12-27-11-3-4-15(18(27)30)21(22,23)24/h3-8,11H,2,9-10,12H2,1H3,(H,25,29)(H,26,28,31). The fourth-order valence-corrected chi connectivity index (χ4v) is 3.67. The average Bonchev–Trinajstić information content (AvgIpc) is 2.70. The van der Waals surface area contributed by atoms with E-state index in [-0.39, 0.29) is 18.2 Å². The molecule has 7 nitrogen and oxygen atoms in total. The van der Waals surface area contributed by atoms with E-state index in [1.807, 2.05) is 6.92 Å². The van der Waals surface area contributed by atoms with E-state index in [1.54, 1.807) is 24.3 Å². The third kappa shape index (κ3) is 4.52. The molecular weight excluding hydrogens is 415 g/mol. The molecule has 1 aromatic carbocycles. The summed E-state index contributed by atoms with van der Waals surface area (Å²) < 4.78 is 39.2. The van der Waals surface area contributed by atoms with Gasteiger partial charge in [0.25, 0.3) is 5.56 Å². The Morgan fingerprint density at radius 2 is 1.84 bits per heavy atom. The summed E-state index contributed by atoms with van der Waals surface area (Å²) in [5.41, 5.74) is -2.45. The molecule has 31 heavy (non-hydrogen) atoms. The maximum Gasteiger partial charge on any atom is 0.421 e. The van der Waals surface area contributed by atoms with Gasteiger partial charge in [-0.15, -0.1) is 0 Å². The quantitative estimate of drug-likeness (QED) is 0.706. The van der Waals surface area contributed by atoms with Crippen molar-refractivity contribution in [1.82, 2.24) is 9.88 Å². The van der Waals surface area contributed by atoms with Crippen molar-refractivity contribution in [2.45, 2.75) is 44.3 Å². The van der Waals surface area contributed by atoms with Crippen LogP contribution >= 0.6 is 0 Å². The number of pyridine rings is 1. The number of aromatic nitrogens is 1. The molecule has 1 saturated heterocycles. The summed E-state index contributed by atoms with van der Waals surface area (Å²) in [6.45, 7) is 1.26. The van der Waals surface area contributed by atoms with Gasteiger partial charge >= 0.3 is 6.18 Å². The van der Waals surface area contributed by atoms with Gasteiger partial charge in [0.1, 0.15) is 12.1 Å². The van der Waals surface area contributed by atoms with Crippen molar-refractivity contribution >= 4 is 23.4 Å². The van der Waals surface area contributed by atoms with Crippen LogP contribution in [0.15, 0.2) is 47.4 Å². The Labute approximate surface area is 175 Å². The van der Waals surface area contributed by atoms with E-state index in [4.69, 9.17) is 0 Å². The first-order valence-electron chi connectivity index (χ1n) is 9.58. The summed E-state index contributed by atoms with van der Waals surface area (Å²) in [4.78, 5) is 48.1. The first-order valence-corrected chi connectivity index (χ1v) is 9.58. The van der Waals surface area contributed by atoms with Crippen LogP contribution in [0.25, 0.3) is 0 Å². The van der Waals surface area contributed by atoms with Gasteiger partial charge in [-0.3, -0.25) is 24.5 Å².